The molecule has 4 aromatic carbocycles. The number of hydrogen-bond donors (Lipinski definition) is 8. The third kappa shape index (κ3) is 25.8. The lowest BCUT2D eigenvalue weighted by Crippen LogP contribution is -2.57. The van der Waals surface area contributed by atoms with Gasteiger partial charge in [-0.3, -0.25) is 38.4 Å². The number of thiophene rings is 4. The van der Waals surface area contributed by atoms with E-state index in [4.69, 9.17) is 19.9 Å². The molecule has 16 rings (SSSR count). The van der Waals surface area contributed by atoms with Crippen molar-refractivity contribution in [3.05, 3.63) is 196 Å². The minimum Gasteiger partial charge on any atom is -0.342 e. The maximum Gasteiger partial charge on any atom is 0.246 e. The van der Waals surface area contributed by atoms with Gasteiger partial charge in [0.2, 0.25) is 47.3 Å². The quantitative estimate of drug-likeness (QED) is 0.0237. The summed E-state index contributed by atoms with van der Waals surface area (Å²) in [5.74, 6) is -0.399. The average molecular weight is 2110 g/mol. The Morgan fingerprint density at radius 2 is 0.618 bits per heavy atom. The van der Waals surface area contributed by atoms with Gasteiger partial charge in [-0.2, -0.15) is 0 Å². The van der Waals surface area contributed by atoms with E-state index in [9.17, 15) is 47.1 Å². The van der Waals surface area contributed by atoms with Crippen molar-refractivity contribution < 1.29 is 47.1 Å². The zero-order valence-corrected chi connectivity index (χ0v) is 93.5. The molecule has 770 valence electrons. The fourth-order valence-electron chi connectivity index (χ4n) is 18.5. The molecule has 144 heavy (non-hydrogen) atoms. The van der Waals surface area contributed by atoms with Crippen molar-refractivity contribution in [3.8, 4) is 76.4 Å². The molecule has 8 amide bonds. The summed E-state index contributed by atoms with van der Waals surface area (Å²) in [6.07, 6.45) is 3.58. The molecule has 12 heterocycles. The Hall–Kier alpha value is -10.1. The molecule has 4 aliphatic heterocycles. The van der Waals surface area contributed by atoms with Gasteiger partial charge in [0.25, 0.3) is 0 Å². The van der Waals surface area contributed by atoms with E-state index in [-0.39, 0.29) is 113 Å². The summed E-state index contributed by atoms with van der Waals surface area (Å²) in [6.45, 7) is 42.2. The van der Waals surface area contributed by atoms with E-state index in [1.165, 1.54) is 45.5 Å². The third-order valence-corrected chi connectivity index (χ3v) is 35.2. The van der Waals surface area contributed by atoms with Gasteiger partial charge >= 0.3 is 0 Å². The molecule has 16 atom stereocenters. The topological polar surface area (TPSA) is 297 Å². The van der Waals surface area contributed by atoms with Crippen LogP contribution in [0.2, 0.25) is 0 Å². The molecule has 8 aromatic heterocycles. The number of nitrogens with zero attached hydrogens (tertiary/aromatic N) is 8. The Bertz CT molecular complexity index is 6410. The van der Waals surface area contributed by atoms with E-state index >= 15 is 0 Å². The first-order valence-electron chi connectivity index (χ1n) is 49.5. The van der Waals surface area contributed by atoms with Crippen molar-refractivity contribution in [1.29, 1.82) is 0 Å². The number of amides is 8. The number of fused-ring (bicyclic) bond motifs is 1. The number of rotatable bonds is 27. The van der Waals surface area contributed by atoms with Crippen molar-refractivity contribution >= 4 is 148 Å². The molecule has 0 spiro atoms. The average Bonchev–Trinajstić information content (AvgIpc) is 1.63. The Morgan fingerprint density at radius 3 is 0.938 bits per heavy atom. The largest absolute Gasteiger partial charge is 0.342 e. The molecule has 0 bridgehead atoms. The first-order chi connectivity index (χ1) is 68.2. The number of nitrogens with one attached hydrogen (secondary N) is 8. The van der Waals surface area contributed by atoms with Crippen molar-refractivity contribution in [2.75, 3.05) is 54.4 Å². The number of carbonyl (C=O) groups excluding carboxylic acids is 8. The number of carbonyl (C=O) groups is 8. The highest BCUT2D eigenvalue weighted by molar-refractivity contribution is 7.18. The minimum absolute atomic E-state index is 0.0313. The second-order valence-corrected chi connectivity index (χ2v) is 49.8. The summed E-state index contributed by atoms with van der Waals surface area (Å²) < 4.78 is 28.6. The van der Waals surface area contributed by atoms with Crippen molar-refractivity contribution in [2.24, 2.45) is 45.3 Å². The third-order valence-electron chi connectivity index (χ3n) is 27.8. The molecular formula is C110H140F2N16O8S8. The van der Waals surface area contributed by atoms with Gasteiger partial charge in [-0.1, -0.05) is 184 Å². The number of hydrogen-bond acceptors (Lipinski definition) is 24. The molecule has 8 N–H and O–H groups in total. The minimum atomic E-state index is -0.653. The van der Waals surface area contributed by atoms with Crippen molar-refractivity contribution in [1.82, 2.24) is 82.1 Å². The Kier molecular flexibility index (Phi) is 36.9. The molecule has 4 fully saturated rings. The normalized spacial score (nSPS) is 19.8. The van der Waals surface area contributed by atoms with Gasteiger partial charge in [-0.25, -0.2) is 28.7 Å². The Morgan fingerprint density at radius 1 is 0.326 bits per heavy atom. The number of benzene rings is 4. The van der Waals surface area contributed by atoms with Gasteiger partial charge in [-0.05, 0) is 208 Å². The van der Waals surface area contributed by atoms with Crippen LogP contribution in [0.1, 0.15) is 208 Å². The Labute approximate surface area is 879 Å². The van der Waals surface area contributed by atoms with E-state index in [0.29, 0.717) is 32.1 Å². The number of halogens is 2. The second kappa shape index (κ2) is 47.8. The first-order valence-corrected chi connectivity index (χ1v) is 56.5. The van der Waals surface area contributed by atoms with Crippen molar-refractivity contribution in [2.45, 2.75) is 237 Å². The standard InChI is InChI=1S/2C28H35FN4O2S2.C28H36N4O2S2.C26H34N4O2S2/c1-16-11-13-33(27(35)24(28(3,4)5)32-25(34)17(2)30-6)22(16)26-31-21(15-37-26)23-20(12-14-36-23)18-7-9-19(29)10-8-18;1-16-10-12-33(27(35)24(28(3,4)5)32-25(34)17(2)30-6)22(16)26-31-21(15-37-26)23-20(11-13-36-23)18-8-7-9-19(29)14-18;1-17-12-14-32(27(34)24(28(3,4)5)31-25(33)18(2)29-6)22(17)26-30-21(16-36-26)23-20(13-15-35-23)19-10-8-7-9-11-19;1-15-11-12-30(25(32)22(26(3,4)5)29-23(31)16(2)27-6)21(15)24-28-19(14-34-24)18-13-33-20-10-8-7-9-17(18)20/h7-10,12,14-17,22,24,30H,11,13H2,1-6H3,(H,32,34);7-9,11,13-17,22,24,30H,10,12H2,1-6H3,(H,32,34);7-11,13,15-18,22,24,29H,12,14H2,1-6H3,(H,31,33);7-10,13-16,21-22,27H,11-12H2,1-6H3,(H,29,31)/t2*16-,17-,22-,24+;17-,18-,22-,24+;15-,16-,21-,22+/m0000/s1. The molecule has 4 saturated heterocycles. The molecule has 0 aliphatic carbocycles. The lowest BCUT2D eigenvalue weighted by atomic mass is 9.85. The maximum atomic E-state index is 13.9. The fraction of sp³-hybridized carbons (Fsp3) is 0.473. The molecular weight excluding hydrogens is 1970 g/mol. The number of likely N-dealkylation sites (N-methyl/N-ethyl adjacent to an activating group) is 4. The highest BCUT2D eigenvalue weighted by Gasteiger charge is 2.50. The van der Waals surface area contributed by atoms with Gasteiger partial charge in [-0.15, -0.1) is 90.7 Å². The van der Waals surface area contributed by atoms with E-state index in [0.717, 1.165) is 111 Å². The van der Waals surface area contributed by atoms with Gasteiger partial charge in [0.15, 0.2) is 0 Å². The van der Waals surface area contributed by atoms with Crippen LogP contribution in [-0.4, -0.2) is 189 Å². The van der Waals surface area contributed by atoms with Crippen LogP contribution in [0.15, 0.2) is 164 Å². The zero-order valence-electron chi connectivity index (χ0n) is 86.9. The summed E-state index contributed by atoms with van der Waals surface area (Å²) in [6, 6.07) is 33.4. The summed E-state index contributed by atoms with van der Waals surface area (Å²) in [5, 5.41) is 45.3. The van der Waals surface area contributed by atoms with Gasteiger partial charge < -0.3 is 62.1 Å². The van der Waals surface area contributed by atoms with Crippen LogP contribution < -0.4 is 42.5 Å². The van der Waals surface area contributed by atoms with Crippen LogP contribution in [0.25, 0.3) is 86.4 Å². The predicted molar refractivity (Wildman–Crippen MR) is 588 cm³/mol. The SMILES string of the molecule is CN[C@@H](C)C(=O)N[C@H](C(=O)N1CC[C@H](C)[C@H]1c1nc(-c2csc3ccccc23)cs1)C(C)(C)C.CN[C@@H](C)C(=O)N[C@H](C(=O)N1CC[C@H](C)[C@H]1c1nc(-c2sccc2-c2ccc(F)cc2)cs1)C(C)(C)C.CN[C@@H](C)C(=O)N[C@H](C(=O)N1CC[C@H](C)[C@H]1c1nc(-c2sccc2-c2cccc(F)c2)cs1)C(C)(C)C.CN[C@@H](C)C(=O)N[C@H](C(=O)N1CC[C@H](C)[C@H]1c1nc(-c2sccc2-c2ccccc2)cs1)C(C)(C)C. The van der Waals surface area contributed by atoms with Crippen LogP contribution in [0.5, 0.6) is 0 Å². The van der Waals surface area contributed by atoms with E-state index in [1.54, 1.807) is 165 Å². The summed E-state index contributed by atoms with van der Waals surface area (Å²) >= 11 is 12.9. The first kappa shape index (κ1) is 111. The summed E-state index contributed by atoms with van der Waals surface area (Å²) in [4.78, 5) is 137. The Balaban J connectivity index is 0.000000161. The lowest BCUT2D eigenvalue weighted by molar-refractivity contribution is -0.141. The van der Waals surface area contributed by atoms with Crippen LogP contribution >= 0.6 is 90.7 Å². The maximum absolute atomic E-state index is 13.9. The molecule has 4 aliphatic rings. The van der Waals surface area contributed by atoms with E-state index in [2.05, 4.69) is 146 Å². The molecule has 12 aromatic rings. The number of thiazole rings is 4. The van der Waals surface area contributed by atoms with Gasteiger partial charge in [0.1, 0.15) is 55.8 Å². The van der Waals surface area contributed by atoms with Crippen LogP contribution in [-0.2, 0) is 38.4 Å². The van der Waals surface area contributed by atoms with Crippen LogP contribution in [0.4, 0.5) is 8.78 Å². The monoisotopic (exact) mass is 2110 g/mol. The predicted octanol–water partition coefficient (Wildman–Crippen LogP) is 22.1. The highest BCUT2D eigenvalue weighted by Crippen LogP contribution is 2.50. The van der Waals surface area contributed by atoms with E-state index < -0.39 is 57.9 Å². The van der Waals surface area contributed by atoms with Crippen LogP contribution in [0, 0.1) is 57.0 Å². The molecule has 0 unspecified atom stereocenters. The van der Waals surface area contributed by atoms with Crippen molar-refractivity contribution in [3.63, 3.8) is 0 Å². The summed E-state index contributed by atoms with van der Waals surface area (Å²) in [5.41, 5.74) is 9.10. The fourth-order valence-corrected chi connectivity index (χ4v) is 26.6. The smallest absolute Gasteiger partial charge is 0.246 e. The van der Waals surface area contributed by atoms with Gasteiger partial charge in [0, 0.05) is 85.4 Å². The number of likely N-dealkylation sites (tertiary alicyclic amines) is 4. The molecule has 34 heteroatoms. The molecule has 0 saturated carbocycles. The van der Waals surface area contributed by atoms with Gasteiger partial charge in [0.05, 0.1) is 85.7 Å². The number of aromatic nitrogens is 4. The molecule has 0 radical (unpaired) electrons. The lowest BCUT2D eigenvalue weighted by Gasteiger charge is -2.36. The van der Waals surface area contributed by atoms with Crippen LogP contribution in [0.3, 0.4) is 0 Å². The summed E-state index contributed by atoms with van der Waals surface area (Å²) in [7, 11) is 6.94. The molecule has 24 nitrogen and oxygen atoms in total. The van der Waals surface area contributed by atoms with E-state index in [1.807, 2.05) is 148 Å². The zero-order chi connectivity index (χ0) is 104. The highest BCUT2D eigenvalue weighted by atomic mass is 32.1. The second-order valence-electron chi connectivity index (χ2n) is 42.5.